The predicted octanol–water partition coefficient (Wildman–Crippen LogP) is 3.82. The normalized spacial score (nSPS) is 31.8. The van der Waals surface area contributed by atoms with Crippen LogP contribution in [0.5, 0.6) is 5.75 Å². The monoisotopic (exact) mass is 441 g/mol. The predicted molar refractivity (Wildman–Crippen MR) is 122 cm³/mol. The molecule has 5 aliphatic rings. The molecule has 0 aromatic heterocycles. The quantitative estimate of drug-likeness (QED) is 0.296. The minimum Gasteiger partial charge on any atom is -0.425 e. The van der Waals surface area contributed by atoms with Gasteiger partial charge in [-0.15, -0.1) is 0 Å². The topological polar surface area (TPSA) is 63.7 Å². The molecule has 0 unspecified atom stereocenters. The van der Waals surface area contributed by atoms with Crippen molar-refractivity contribution in [3.8, 4) is 5.75 Å². The Morgan fingerprint density at radius 1 is 0.909 bits per heavy atom. The van der Waals surface area contributed by atoms with Gasteiger partial charge in [-0.25, -0.2) is 4.79 Å². The number of aryl methyl sites for hydroxylation is 1. The maximum Gasteiger partial charge on any atom is 0.335 e. The highest BCUT2D eigenvalue weighted by molar-refractivity contribution is 6.09. The molecule has 2 aromatic carbocycles. The van der Waals surface area contributed by atoms with Gasteiger partial charge >= 0.3 is 5.97 Å². The molecule has 4 aliphatic carbocycles. The highest BCUT2D eigenvalue weighted by atomic mass is 16.5. The van der Waals surface area contributed by atoms with E-state index in [0.717, 1.165) is 24.0 Å². The van der Waals surface area contributed by atoms with E-state index in [2.05, 4.69) is 19.1 Å². The standard InChI is InChI=1S/C28H27NO4/c1-2-16-8-10-18(11-9-16)33-28(32)23(14-17-6-4-3-5-7-17)29-26(30)24-19-12-13-20(22-15-21(19)22)25(24)27(29)31/h3-13,19-25H,2,14-15H2,1H3/t19-,20-,21-,22-,23-,24+,25+/m0/s1. The third kappa shape index (κ3) is 3.25. The Kier molecular flexibility index (Phi) is 4.75. The lowest BCUT2D eigenvalue weighted by atomic mass is 9.63. The molecule has 2 aromatic rings. The number of esters is 1. The summed E-state index contributed by atoms with van der Waals surface area (Å²) in [6, 6.07) is 15.9. The van der Waals surface area contributed by atoms with Crippen LogP contribution in [-0.2, 0) is 27.2 Å². The van der Waals surface area contributed by atoms with Gasteiger partial charge in [-0.2, -0.15) is 0 Å². The van der Waals surface area contributed by atoms with E-state index in [0.29, 0.717) is 17.6 Å². The Morgan fingerprint density at radius 2 is 1.52 bits per heavy atom. The maximum atomic E-state index is 13.6. The molecular formula is C28H27NO4. The Morgan fingerprint density at radius 3 is 2.09 bits per heavy atom. The van der Waals surface area contributed by atoms with Gasteiger partial charge in [0.1, 0.15) is 11.8 Å². The number of hydrogen-bond acceptors (Lipinski definition) is 4. The number of hydrogen-bond donors (Lipinski definition) is 0. The molecule has 1 saturated heterocycles. The average Bonchev–Trinajstić information content (AvgIpc) is 3.62. The zero-order valence-electron chi connectivity index (χ0n) is 18.6. The van der Waals surface area contributed by atoms with Crippen LogP contribution in [-0.4, -0.2) is 28.7 Å². The van der Waals surface area contributed by atoms with Crippen molar-refractivity contribution in [3.05, 3.63) is 77.9 Å². The van der Waals surface area contributed by atoms with Crippen molar-refractivity contribution < 1.29 is 19.1 Å². The first kappa shape index (κ1) is 20.4. The number of ether oxygens (including phenoxy) is 1. The molecule has 33 heavy (non-hydrogen) atoms. The summed E-state index contributed by atoms with van der Waals surface area (Å²) in [7, 11) is 0. The summed E-state index contributed by atoms with van der Waals surface area (Å²) in [5.74, 6) is 0.107. The van der Waals surface area contributed by atoms with Crippen LogP contribution >= 0.6 is 0 Å². The summed E-state index contributed by atoms with van der Waals surface area (Å²) in [5, 5.41) is 0. The van der Waals surface area contributed by atoms with Crippen molar-refractivity contribution in [1.82, 2.24) is 4.90 Å². The second-order valence-electron chi connectivity index (χ2n) is 9.83. The SMILES string of the molecule is CCc1ccc(OC(=O)[C@H](Cc2ccccc2)N2C(=O)[C@@H]3[C@H]4C=C[C@@H]([C@@H]5C[C@@H]45)[C@H]3C2=O)cc1. The van der Waals surface area contributed by atoms with E-state index in [1.807, 2.05) is 42.5 Å². The van der Waals surface area contributed by atoms with E-state index >= 15 is 0 Å². The molecule has 2 bridgehead atoms. The van der Waals surface area contributed by atoms with Crippen LogP contribution in [0.2, 0.25) is 0 Å². The number of likely N-dealkylation sites (tertiary alicyclic amines) is 1. The molecular weight excluding hydrogens is 414 g/mol. The molecule has 3 fully saturated rings. The first-order valence-electron chi connectivity index (χ1n) is 12.0. The molecule has 1 heterocycles. The summed E-state index contributed by atoms with van der Waals surface area (Å²) in [6.07, 6.45) is 6.55. The number of benzene rings is 2. The van der Waals surface area contributed by atoms with Crippen molar-refractivity contribution in [3.63, 3.8) is 0 Å². The number of carbonyl (C=O) groups is 3. The van der Waals surface area contributed by atoms with E-state index in [9.17, 15) is 14.4 Å². The average molecular weight is 442 g/mol. The Hall–Kier alpha value is -3.21. The first-order valence-corrected chi connectivity index (χ1v) is 12.0. The van der Waals surface area contributed by atoms with E-state index in [1.165, 1.54) is 4.90 Å². The lowest BCUT2D eigenvalue weighted by molar-refractivity contribution is -0.153. The summed E-state index contributed by atoms with van der Waals surface area (Å²) in [4.78, 5) is 42.0. The number of imide groups is 1. The van der Waals surface area contributed by atoms with Crippen molar-refractivity contribution in [2.45, 2.75) is 32.2 Å². The lowest BCUT2D eigenvalue weighted by Gasteiger charge is -2.37. The number of nitrogens with zero attached hydrogens (tertiary/aromatic N) is 1. The minimum atomic E-state index is -0.973. The zero-order valence-corrected chi connectivity index (χ0v) is 18.6. The molecule has 0 radical (unpaired) electrons. The van der Waals surface area contributed by atoms with Gasteiger partial charge in [0.25, 0.3) is 0 Å². The van der Waals surface area contributed by atoms with Gasteiger partial charge < -0.3 is 4.74 Å². The third-order valence-corrected chi connectivity index (χ3v) is 8.10. The Labute approximate surface area is 193 Å². The van der Waals surface area contributed by atoms with Crippen molar-refractivity contribution >= 4 is 17.8 Å². The molecule has 168 valence electrons. The van der Waals surface area contributed by atoms with Gasteiger partial charge in [0.05, 0.1) is 11.8 Å². The number of rotatable bonds is 6. The largest absolute Gasteiger partial charge is 0.425 e. The Balaban J connectivity index is 1.31. The maximum absolute atomic E-state index is 13.6. The van der Waals surface area contributed by atoms with Crippen LogP contribution in [0.3, 0.4) is 0 Å². The minimum absolute atomic E-state index is 0.126. The van der Waals surface area contributed by atoms with Crippen LogP contribution in [0.1, 0.15) is 24.5 Å². The smallest absolute Gasteiger partial charge is 0.335 e. The molecule has 2 saturated carbocycles. The molecule has 0 N–H and O–H groups in total. The van der Waals surface area contributed by atoms with E-state index in [-0.39, 0.29) is 41.9 Å². The number of amides is 2. The second kappa shape index (κ2) is 7.68. The van der Waals surface area contributed by atoms with Gasteiger partial charge in [-0.05, 0) is 59.8 Å². The third-order valence-electron chi connectivity index (χ3n) is 8.10. The molecule has 7 rings (SSSR count). The van der Waals surface area contributed by atoms with Crippen LogP contribution in [0.4, 0.5) is 0 Å². The van der Waals surface area contributed by atoms with Crippen LogP contribution in [0, 0.1) is 35.5 Å². The summed E-state index contributed by atoms with van der Waals surface area (Å²) < 4.78 is 5.71. The van der Waals surface area contributed by atoms with Gasteiger partial charge in [-0.1, -0.05) is 61.5 Å². The lowest BCUT2D eigenvalue weighted by Crippen LogP contribution is -2.48. The van der Waals surface area contributed by atoms with Crippen molar-refractivity contribution in [2.24, 2.45) is 35.5 Å². The summed E-state index contributed by atoms with van der Waals surface area (Å²) in [6.45, 7) is 2.06. The van der Waals surface area contributed by atoms with Gasteiger partial charge in [0.15, 0.2) is 0 Å². The van der Waals surface area contributed by atoms with E-state index in [1.54, 1.807) is 12.1 Å². The molecule has 2 amide bonds. The van der Waals surface area contributed by atoms with Gasteiger partial charge in [0.2, 0.25) is 11.8 Å². The summed E-state index contributed by atoms with van der Waals surface area (Å²) >= 11 is 0. The highest BCUT2D eigenvalue weighted by Crippen LogP contribution is 2.65. The fraction of sp³-hybridized carbons (Fsp3) is 0.393. The van der Waals surface area contributed by atoms with Gasteiger partial charge in [-0.3, -0.25) is 14.5 Å². The highest BCUT2D eigenvalue weighted by Gasteiger charge is 2.68. The van der Waals surface area contributed by atoms with Crippen molar-refractivity contribution in [2.75, 3.05) is 0 Å². The second-order valence-corrected chi connectivity index (χ2v) is 9.83. The Bertz CT molecular complexity index is 1100. The molecule has 5 nitrogen and oxygen atoms in total. The molecule has 5 heteroatoms. The number of allylic oxidation sites excluding steroid dienone is 2. The fourth-order valence-corrected chi connectivity index (χ4v) is 6.38. The fourth-order valence-electron chi connectivity index (χ4n) is 6.38. The van der Waals surface area contributed by atoms with Crippen LogP contribution in [0.25, 0.3) is 0 Å². The van der Waals surface area contributed by atoms with E-state index in [4.69, 9.17) is 4.74 Å². The molecule has 1 aliphatic heterocycles. The number of carbonyl (C=O) groups excluding carboxylic acids is 3. The van der Waals surface area contributed by atoms with Gasteiger partial charge in [0, 0.05) is 6.42 Å². The van der Waals surface area contributed by atoms with E-state index < -0.39 is 12.0 Å². The van der Waals surface area contributed by atoms with Crippen LogP contribution in [0.15, 0.2) is 66.7 Å². The first-order chi connectivity index (χ1) is 16.1. The molecule has 7 atom stereocenters. The zero-order chi connectivity index (χ0) is 22.7. The van der Waals surface area contributed by atoms with Crippen LogP contribution < -0.4 is 4.74 Å². The van der Waals surface area contributed by atoms with Crippen molar-refractivity contribution in [1.29, 1.82) is 0 Å². The summed E-state index contributed by atoms with van der Waals surface area (Å²) in [5.41, 5.74) is 2.03. The molecule has 0 spiro atoms.